The highest BCUT2D eigenvalue weighted by molar-refractivity contribution is 6.20. The molecule has 1 unspecified atom stereocenters. The van der Waals surface area contributed by atoms with E-state index in [9.17, 15) is 13.2 Å². The minimum Gasteiger partial charge on any atom is -0.207 e. The molecule has 2 aromatic carbocycles. The third kappa shape index (κ3) is 3.10. The van der Waals surface area contributed by atoms with E-state index in [0.29, 0.717) is 12.5 Å². The van der Waals surface area contributed by atoms with Gasteiger partial charge >= 0.3 is 0 Å². The normalized spacial score (nSPS) is 12.5. The van der Waals surface area contributed by atoms with E-state index in [1.54, 1.807) is 0 Å². The summed E-state index contributed by atoms with van der Waals surface area (Å²) in [7, 11) is 0. The number of rotatable bonds is 3. The van der Waals surface area contributed by atoms with Crippen molar-refractivity contribution in [2.24, 2.45) is 0 Å². The van der Waals surface area contributed by atoms with E-state index in [-0.39, 0.29) is 5.56 Å². The van der Waals surface area contributed by atoms with Gasteiger partial charge in [-0.15, -0.1) is 11.6 Å². The van der Waals surface area contributed by atoms with E-state index < -0.39 is 22.8 Å². The summed E-state index contributed by atoms with van der Waals surface area (Å²) in [5.74, 6) is -3.12. The molecular formula is C15H12ClF3. The monoisotopic (exact) mass is 284 g/mol. The maximum atomic E-state index is 13.6. The van der Waals surface area contributed by atoms with Gasteiger partial charge in [0.05, 0.1) is 5.38 Å². The fourth-order valence-corrected chi connectivity index (χ4v) is 2.25. The van der Waals surface area contributed by atoms with E-state index >= 15 is 0 Å². The lowest BCUT2D eigenvalue weighted by molar-refractivity contribution is 0.489. The lowest BCUT2D eigenvalue weighted by Crippen LogP contribution is -2.02. The van der Waals surface area contributed by atoms with Crippen LogP contribution in [0.15, 0.2) is 36.4 Å². The Labute approximate surface area is 114 Å². The molecule has 0 aliphatic rings. The van der Waals surface area contributed by atoms with Gasteiger partial charge in [0.2, 0.25) is 0 Å². The van der Waals surface area contributed by atoms with E-state index in [4.69, 9.17) is 11.6 Å². The van der Waals surface area contributed by atoms with Gasteiger partial charge in [-0.25, -0.2) is 13.2 Å². The second-order valence-corrected chi connectivity index (χ2v) is 4.91. The van der Waals surface area contributed by atoms with Crippen LogP contribution < -0.4 is 0 Å². The minimum absolute atomic E-state index is 0.0242. The van der Waals surface area contributed by atoms with Crippen LogP contribution in [0.3, 0.4) is 0 Å². The van der Waals surface area contributed by atoms with Crippen LogP contribution >= 0.6 is 11.6 Å². The van der Waals surface area contributed by atoms with Gasteiger partial charge in [-0.1, -0.05) is 24.3 Å². The molecule has 19 heavy (non-hydrogen) atoms. The van der Waals surface area contributed by atoms with Gasteiger partial charge < -0.3 is 0 Å². The molecule has 2 rings (SSSR count). The van der Waals surface area contributed by atoms with Crippen LogP contribution in [0.2, 0.25) is 0 Å². The van der Waals surface area contributed by atoms with Crippen LogP contribution in [0.4, 0.5) is 13.2 Å². The molecule has 0 aromatic heterocycles. The van der Waals surface area contributed by atoms with Gasteiger partial charge in [0.25, 0.3) is 0 Å². The summed E-state index contributed by atoms with van der Waals surface area (Å²) in [6.07, 6.45) is 0.357. The number of alkyl halides is 1. The molecule has 0 spiro atoms. The molecule has 0 radical (unpaired) electrons. The Hall–Kier alpha value is -1.48. The third-order valence-corrected chi connectivity index (χ3v) is 3.43. The molecule has 0 heterocycles. The SMILES string of the molecule is Cc1ccccc1CC(Cl)c1cc(F)c(F)cc1F. The highest BCUT2D eigenvalue weighted by atomic mass is 35.5. The minimum atomic E-state index is -1.21. The second-order valence-electron chi connectivity index (χ2n) is 4.39. The van der Waals surface area contributed by atoms with Crippen LogP contribution in [0, 0.1) is 24.4 Å². The van der Waals surface area contributed by atoms with Gasteiger partial charge in [-0.05, 0) is 30.5 Å². The quantitative estimate of drug-likeness (QED) is 0.553. The van der Waals surface area contributed by atoms with Crippen molar-refractivity contribution in [3.05, 3.63) is 70.5 Å². The molecular weight excluding hydrogens is 273 g/mol. The lowest BCUT2D eigenvalue weighted by atomic mass is 10.00. The highest BCUT2D eigenvalue weighted by Gasteiger charge is 2.18. The Morgan fingerprint density at radius 2 is 1.63 bits per heavy atom. The zero-order valence-electron chi connectivity index (χ0n) is 10.3. The maximum absolute atomic E-state index is 13.6. The first-order chi connectivity index (χ1) is 8.99. The fraction of sp³-hybridized carbons (Fsp3) is 0.200. The van der Waals surface area contributed by atoms with E-state index in [1.165, 1.54) is 0 Å². The molecule has 100 valence electrons. The van der Waals surface area contributed by atoms with Crippen molar-refractivity contribution < 1.29 is 13.2 Å². The summed E-state index contributed by atoms with van der Waals surface area (Å²) >= 11 is 6.11. The van der Waals surface area contributed by atoms with Crippen molar-refractivity contribution in [2.75, 3.05) is 0 Å². The molecule has 0 saturated heterocycles. The molecule has 0 bridgehead atoms. The van der Waals surface area contributed by atoms with Crippen molar-refractivity contribution in [3.63, 3.8) is 0 Å². The maximum Gasteiger partial charge on any atom is 0.161 e. The summed E-state index contributed by atoms with van der Waals surface area (Å²) in [5.41, 5.74) is 1.95. The smallest absolute Gasteiger partial charge is 0.161 e. The zero-order chi connectivity index (χ0) is 14.0. The number of halogens is 4. The average molecular weight is 285 g/mol. The van der Waals surface area contributed by atoms with E-state index in [0.717, 1.165) is 17.2 Å². The number of hydrogen-bond donors (Lipinski definition) is 0. The number of aryl methyl sites for hydroxylation is 1. The predicted octanol–water partition coefficient (Wildman–Crippen LogP) is 4.93. The topological polar surface area (TPSA) is 0 Å². The Bertz CT molecular complexity index is 596. The van der Waals surface area contributed by atoms with Crippen LogP contribution in [0.1, 0.15) is 22.1 Å². The van der Waals surface area contributed by atoms with Crippen molar-refractivity contribution in [2.45, 2.75) is 18.7 Å². The van der Waals surface area contributed by atoms with Crippen LogP contribution in [-0.2, 0) is 6.42 Å². The summed E-state index contributed by atoms with van der Waals surface area (Å²) < 4.78 is 39.6. The lowest BCUT2D eigenvalue weighted by Gasteiger charge is -2.13. The Morgan fingerprint density at radius 3 is 2.32 bits per heavy atom. The summed E-state index contributed by atoms with van der Waals surface area (Å²) in [6, 6.07) is 8.88. The van der Waals surface area contributed by atoms with Crippen molar-refractivity contribution >= 4 is 11.6 Å². The van der Waals surface area contributed by atoms with Gasteiger partial charge in [0, 0.05) is 11.6 Å². The molecule has 2 aromatic rings. The molecule has 0 nitrogen and oxygen atoms in total. The third-order valence-electron chi connectivity index (χ3n) is 3.04. The molecule has 0 fully saturated rings. The largest absolute Gasteiger partial charge is 0.207 e. The summed E-state index contributed by atoms with van der Waals surface area (Å²) in [4.78, 5) is 0. The van der Waals surface area contributed by atoms with Gasteiger partial charge in [-0.3, -0.25) is 0 Å². The van der Waals surface area contributed by atoms with Crippen molar-refractivity contribution in [3.8, 4) is 0 Å². The van der Waals surface area contributed by atoms with Crippen LogP contribution in [0.25, 0.3) is 0 Å². The first-order valence-electron chi connectivity index (χ1n) is 5.82. The van der Waals surface area contributed by atoms with Crippen LogP contribution in [0.5, 0.6) is 0 Å². The van der Waals surface area contributed by atoms with Gasteiger partial charge in [0.1, 0.15) is 5.82 Å². The molecule has 0 amide bonds. The Morgan fingerprint density at radius 1 is 1.00 bits per heavy atom. The predicted molar refractivity (Wildman–Crippen MR) is 69.8 cm³/mol. The van der Waals surface area contributed by atoms with E-state index in [2.05, 4.69) is 0 Å². The number of benzene rings is 2. The molecule has 0 aliphatic heterocycles. The molecule has 0 saturated carbocycles. The first-order valence-corrected chi connectivity index (χ1v) is 6.25. The van der Waals surface area contributed by atoms with Crippen molar-refractivity contribution in [1.82, 2.24) is 0 Å². The molecule has 4 heteroatoms. The number of hydrogen-bond acceptors (Lipinski definition) is 0. The fourth-order valence-electron chi connectivity index (χ4n) is 1.92. The zero-order valence-corrected chi connectivity index (χ0v) is 11.0. The highest BCUT2D eigenvalue weighted by Crippen LogP contribution is 2.29. The average Bonchev–Trinajstić information content (AvgIpc) is 2.36. The van der Waals surface area contributed by atoms with Gasteiger partial charge in [0.15, 0.2) is 11.6 Å². The Balaban J connectivity index is 2.28. The molecule has 0 aliphatic carbocycles. The second kappa shape index (κ2) is 5.66. The first kappa shape index (κ1) is 13.9. The molecule has 0 N–H and O–H groups in total. The summed E-state index contributed by atoms with van der Waals surface area (Å²) in [5, 5.41) is -0.740. The van der Waals surface area contributed by atoms with E-state index in [1.807, 2.05) is 31.2 Å². The standard InChI is InChI=1S/C15H12ClF3/c1-9-4-2-3-5-10(9)6-12(16)11-7-14(18)15(19)8-13(11)17/h2-5,7-8,12H,6H2,1H3. The van der Waals surface area contributed by atoms with Crippen molar-refractivity contribution in [1.29, 1.82) is 0 Å². The Kier molecular flexibility index (Phi) is 4.15. The summed E-state index contributed by atoms with van der Waals surface area (Å²) in [6.45, 7) is 1.92. The molecule has 1 atom stereocenters. The van der Waals surface area contributed by atoms with Gasteiger partial charge in [-0.2, -0.15) is 0 Å². The van der Waals surface area contributed by atoms with Crippen LogP contribution in [-0.4, -0.2) is 0 Å².